The van der Waals surface area contributed by atoms with Gasteiger partial charge in [0.2, 0.25) is 10.0 Å². The maximum absolute atomic E-state index is 12.4. The molecule has 0 atom stereocenters. The zero-order valence-corrected chi connectivity index (χ0v) is 16.0. The fourth-order valence-electron chi connectivity index (χ4n) is 2.91. The van der Waals surface area contributed by atoms with Gasteiger partial charge < -0.3 is 5.32 Å². The maximum atomic E-state index is 12.4. The highest BCUT2D eigenvalue weighted by atomic mass is 32.2. The van der Waals surface area contributed by atoms with E-state index in [-0.39, 0.29) is 19.0 Å². The monoisotopic (exact) mass is 383 g/mol. The number of pyridine rings is 1. The van der Waals surface area contributed by atoms with Crippen molar-refractivity contribution in [2.75, 3.05) is 23.7 Å². The van der Waals surface area contributed by atoms with Crippen LogP contribution < -0.4 is 9.62 Å². The van der Waals surface area contributed by atoms with E-state index in [2.05, 4.69) is 10.3 Å². The summed E-state index contributed by atoms with van der Waals surface area (Å²) in [5.41, 5.74) is 2.64. The highest BCUT2D eigenvalue weighted by Gasteiger charge is 2.20. The summed E-state index contributed by atoms with van der Waals surface area (Å²) < 4.78 is 26.0. The second-order valence-electron chi connectivity index (χ2n) is 6.31. The van der Waals surface area contributed by atoms with Crippen LogP contribution in [0.3, 0.4) is 0 Å². The van der Waals surface area contributed by atoms with Crippen LogP contribution in [-0.4, -0.2) is 38.7 Å². The summed E-state index contributed by atoms with van der Waals surface area (Å²) in [4.78, 5) is 16.6. The van der Waals surface area contributed by atoms with Crippen LogP contribution in [0.15, 0.2) is 60.8 Å². The molecule has 1 aromatic heterocycles. The summed E-state index contributed by atoms with van der Waals surface area (Å²) in [7, 11) is -3.54. The topological polar surface area (TPSA) is 79.4 Å². The summed E-state index contributed by atoms with van der Waals surface area (Å²) in [6.07, 6.45) is 2.78. The fraction of sp³-hybridized carbons (Fsp3) is 0.200. The molecule has 0 aliphatic rings. The van der Waals surface area contributed by atoms with Crippen molar-refractivity contribution in [3.05, 3.63) is 71.9 Å². The Balaban J connectivity index is 1.80. The summed E-state index contributed by atoms with van der Waals surface area (Å²) in [5.74, 6) is -0.233. The first-order valence-corrected chi connectivity index (χ1v) is 10.4. The molecule has 7 heteroatoms. The van der Waals surface area contributed by atoms with Crippen molar-refractivity contribution >= 4 is 32.5 Å². The van der Waals surface area contributed by atoms with Crippen molar-refractivity contribution in [3.63, 3.8) is 0 Å². The first kappa shape index (κ1) is 18.8. The average molecular weight is 383 g/mol. The van der Waals surface area contributed by atoms with Gasteiger partial charge in [0.1, 0.15) is 0 Å². The molecule has 0 spiro atoms. The normalized spacial score (nSPS) is 11.3. The Hall–Kier alpha value is -2.93. The molecule has 2 aromatic carbocycles. The largest absolute Gasteiger partial charge is 0.350 e. The van der Waals surface area contributed by atoms with Gasteiger partial charge in [0, 0.05) is 23.7 Å². The number of amides is 1. The molecule has 0 aliphatic carbocycles. The van der Waals surface area contributed by atoms with E-state index in [9.17, 15) is 13.2 Å². The van der Waals surface area contributed by atoms with E-state index < -0.39 is 10.0 Å². The molecule has 0 unspecified atom stereocenters. The lowest BCUT2D eigenvalue weighted by atomic mass is 10.1. The van der Waals surface area contributed by atoms with Gasteiger partial charge in [0.15, 0.2) is 0 Å². The van der Waals surface area contributed by atoms with Crippen LogP contribution in [0.1, 0.15) is 15.9 Å². The molecule has 0 radical (unpaired) electrons. The van der Waals surface area contributed by atoms with Gasteiger partial charge in [0.25, 0.3) is 5.91 Å². The number of nitrogens with one attached hydrogen (secondary N) is 1. The number of fused-ring (bicyclic) bond motifs is 1. The van der Waals surface area contributed by atoms with E-state index in [1.807, 2.05) is 31.2 Å². The Morgan fingerprint density at radius 2 is 1.85 bits per heavy atom. The predicted octanol–water partition coefficient (Wildman–Crippen LogP) is 2.74. The molecule has 6 nitrogen and oxygen atoms in total. The molecule has 140 valence electrons. The molecule has 1 amide bonds. The lowest BCUT2D eigenvalue weighted by Crippen LogP contribution is -2.38. The van der Waals surface area contributed by atoms with E-state index in [4.69, 9.17) is 0 Å². The lowest BCUT2D eigenvalue weighted by Gasteiger charge is -2.23. The second-order valence-corrected chi connectivity index (χ2v) is 8.22. The van der Waals surface area contributed by atoms with Gasteiger partial charge in [-0.25, -0.2) is 8.42 Å². The van der Waals surface area contributed by atoms with Crippen LogP contribution in [0.5, 0.6) is 0 Å². The minimum Gasteiger partial charge on any atom is -0.350 e. The minimum absolute atomic E-state index is 0.117. The first-order valence-electron chi connectivity index (χ1n) is 8.52. The zero-order valence-electron chi connectivity index (χ0n) is 15.2. The Labute approximate surface area is 158 Å². The number of anilines is 1. The predicted molar refractivity (Wildman–Crippen MR) is 107 cm³/mol. The molecule has 1 heterocycles. The molecule has 27 heavy (non-hydrogen) atoms. The summed E-state index contributed by atoms with van der Waals surface area (Å²) in [6, 6.07) is 16.3. The Morgan fingerprint density at radius 3 is 2.59 bits per heavy atom. The number of rotatable bonds is 6. The molecular weight excluding hydrogens is 362 g/mol. The molecule has 3 aromatic rings. The quantitative estimate of drug-likeness (QED) is 0.710. The van der Waals surface area contributed by atoms with Crippen molar-refractivity contribution in [1.82, 2.24) is 10.3 Å². The van der Waals surface area contributed by atoms with Crippen molar-refractivity contribution in [3.8, 4) is 0 Å². The number of nitrogens with zero attached hydrogens (tertiary/aromatic N) is 2. The van der Waals surface area contributed by atoms with Gasteiger partial charge in [-0.2, -0.15) is 0 Å². The maximum Gasteiger partial charge on any atom is 0.251 e. The molecule has 3 rings (SSSR count). The fourth-order valence-corrected chi connectivity index (χ4v) is 3.84. The molecular formula is C20H21N3O3S. The summed E-state index contributed by atoms with van der Waals surface area (Å²) in [6.45, 7) is 2.21. The number of para-hydroxylation sites is 1. The smallest absolute Gasteiger partial charge is 0.251 e. The van der Waals surface area contributed by atoms with Crippen LogP contribution in [0.4, 0.5) is 5.69 Å². The number of hydrogen-bond acceptors (Lipinski definition) is 4. The Bertz CT molecular complexity index is 1080. The van der Waals surface area contributed by atoms with E-state index in [1.54, 1.807) is 36.5 Å². The van der Waals surface area contributed by atoms with Crippen LogP contribution in [-0.2, 0) is 10.0 Å². The van der Waals surface area contributed by atoms with Crippen LogP contribution in [0, 0.1) is 6.92 Å². The van der Waals surface area contributed by atoms with Gasteiger partial charge in [-0.05, 0) is 31.2 Å². The number of hydrogen-bond donors (Lipinski definition) is 1. The van der Waals surface area contributed by atoms with Crippen molar-refractivity contribution in [1.29, 1.82) is 0 Å². The van der Waals surface area contributed by atoms with Gasteiger partial charge in [0.05, 0.1) is 24.0 Å². The van der Waals surface area contributed by atoms with Gasteiger partial charge in [-0.1, -0.05) is 35.9 Å². The molecule has 0 fully saturated rings. The standard InChI is InChI=1S/C20H21N3O3S/c1-15-6-3-8-17(14-15)20(24)22-12-13-23(27(2,25)26)18-10-4-7-16-9-5-11-21-19(16)18/h3-11,14H,12-13H2,1-2H3,(H,22,24). The zero-order chi connectivity index (χ0) is 19.4. The number of aryl methyl sites for hydroxylation is 1. The van der Waals surface area contributed by atoms with Gasteiger partial charge in [-0.15, -0.1) is 0 Å². The van der Waals surface area contributed by atoms with E-state index in [0.29, 0.717) is 16.8 Å². The molecule has 0 bridgehead atoms. The number of aromatic nitrogens is 1. The first-order chi connectivity index (χ1) is 12.9. The highest BCUT2D eigenvalue weighted by Crippen LogP contribution is 2.26. The Kier molecular flexibility index (Phi) is 5.41. The molecule has 1 N–H and O–H groups in total. The van der Waals surface area contributed by atoms with E-state index in [0.717, 1.165) is 17.2 Å². The summed E-state index contributed by atoms with van der Waals surface area (Å²) in [5, 5.41) is 3.64. The van der Waals surface area contributed by atoms with Crippen molar-refractivity contribution in [2.45, 2.75) is 6.92 Å². The number of benzene rings is 2. The van der Waals surface area contributed by atoms with E-state index >= 15 is 0 Å². The van der Waals surface area contributed by atoms with Crippen LogP contribution >= 0.6 is 0 Å². The van der Waals surface area contributed by atoms with Gasteiger partial charge >= 0.3 is 0 Å². The third-order valence-corrected chi connectivity index (χ3v) is 5.34. The van der Waals surface area contributed by atoms with Crippen molar-refractivity contribution in [2.24, 2.45) is 0 Å². The second kappa shape index (κ2) is 7.75. The Morgan fingerprint density at radius 1 is 1.11 bits per heavy atom. The lowest BCUT2D eigenvalue weighted by molar-refractivity contribution is 0.0954. The SMILES string of the molecule is Cc1cccc(C(=O)NCCN(c2cccc3cccnc23)S(C)(=O)=O)c1. The van der Waals surface area contributed by atoms with Crippen LogP contribution in [0.2, 0.25) is 0 Å². The molecule has 0 saturated carbocycles. The van der Waals surface area contributed by atoms with E-state index in [1.165, 1.54) is 4.31 Å². The molecule has 0 saturated heterocycles. The highest BCUT2D eigenvalue weighted by molar-refractivity contribution is 7.92. The minimum atomic E-state index is -3.54. The third kappa shape index (κ3) is 4.43. The third-order valence-electron chi connectivity index (χ3n) is 4.16. The molecule has 0 aliphatic heterocycles. The number of carbonyl (C=O) groups excluding carboxylic acids is 1. The van der Waals surface area contributed by atoms with Gasteiger partial charge in [-0.3, -0.25) is 14.1 Å². The average Bonchev–Trinajstić information content (AvgIpc) is 2.64. The number of sulfonamides is 1. The van der Waals surface area contributed by atoms with Crippen molar-refractivity contribution < 1.29 is 13.2 Å². The summed E-state index contributed by atoms with van der Waals surface area (Å²) >= 11 is 0. The number of carbonyl (C=O) groups is 1. The van der Waals surface area contributed by atoms with Crippen LogP contribution in [0.25, 0.3) is 10.9 Å².